The van der Waals surface area contributed by atoms with Gasteiger partial charge in [-0.15, -0.1) is 0 Å². The summed E-state index contributed by atoms with van der Waals surface area (Å²) >= 11 is 0. The summed E-state index contributed by atoms with van der Waals surface area (Å²) in [6.07, 6.45) is 1.44. The van der Waals surface area contributed by atoms with Gasteiger partial charge in [-0.2, -0.15) is 0 Å². The van der Waals surface area contributed by atoms with E-state index < -0.39 is 15.8 Å². The van der Waals surface area contributed by atoms with Crippen LogP contribution >= 0.6 is 0 Å². The van der Waals surface area contributed by atoms with Gasteiger partial charge in [-0.1, -0.05) is 43.7 Å². The first-order chi connectivity index (χ1) is 12.4. The maximum Gasteiger partial charge on any atom is 0.336 e. The van der Waals surface area contributed by atoms with Gasteiger partial charge in [0, 0.05) is 10.9 Å². The number of aromatic carboxylic acids is 1. The number of sulfone groups is 1. The van der Waals surface area contributed by atoms with Crippen molar-refractivity contribution in [2.24, 2.45) is 0 Å². The minimum absolute atomic E-state index is 0.125. The molecule has 1 N–H and O–H groups in total. The number of hydrogen-bond donors (Lipinski definition) is 1. The van der Waals surface area contributed by atoms with Gasteiger partial charge in [0.15, 0.2) is 9.84 Å². The molecule has 0 bridgehead atoms. The van der Waals surface area contributed by atoms with Crippen molar-refractivity contribution in [3.05, 3.63) is 60.2 Å². The predicted octanol–water partition coefficient (Wildman–Crippen LogP) is 4.17. The summed E-state index contributed by atoms with van der Waals surface area (Å²) in [6.45, 7) is 1.95. The van der Waals surface area contributed by atoms with Gasteiger partial charge < -0.3 is 5.11 Å². The van der Waals surface area contributed by atoms with Crippen LogP contribution in [0.4, 0.5) is 0 Å². The SMILES string of the molecule is CCCCS(=O)(=O)c1ccc(-c2cc(C(=O)O)c3ccccc3n2)cc1. The molecule has 6 heteroatoms. The van der Waals surface area contributed by atoms with Crippen molar-refractivity contribution in [3.8, 4) is 11.3 Å². The molecule has 0 spiro atoms. The summed E-state index contributed by atoms with van der Waals surface area (Å²) in [4.78, 5) is 16.4. The first-order valence-corrected chi connectivity index (χ1v) is 10.0. The van der Waals surface area contributed by atoms with Gasteiger partial charge in [-0.25, -0.2) is 18.2 Å². The summed E-state index contributed by atoms with van der Waals surface area (Å²) in [6, 6.07) is 15.0. The highest BCUT2D eigenvalue weighted by atomic mass is 32.2. The fourth-order valence-corrected chi connectivity index (χ4v) is 4.24. The van der Waals surface area contributed by atoms with Crippen LogP contribution in [-0.2, 0) is 9.84 Å². The standard InChI is InChI=1S/C20H19NO4S/c1-2-3-12-26(24,25)15-10-8-14(9-11-15)19-13-17(20(22)23)16-6-4-5-7-18(16)21-19/h4-11,13H,2-3,12H2,1H3,(H,22,23). The van der Waals surface area contributed by atoms with Crippen LogP contribution in [0.1, 0.15) is 30.1 Å². The van der Waals surface area contributed by atoms with Crippen molar-refractivity contribution in [1.82, 2.24) is 4.98 Å². The quantitative estimate of drug-likeness (QED) is 0.705. The Morgan fingerprint density at radius 1 is 1.08 bits per heavy atom. The number of fused-ring (bicyclic) bond motifs is 1. The van der Waals surface area contributed by atoms with Gasteiger partial charge in [-0.3, -0.25) is 0 Å². The van der Waals surface area contributed by atoms with Gasteiger partial charge in [0.25, 0.3) is 0 Å². The van der Waals surface area contributed by atoms with Crippen molar-refractivity contribution in [1.29, 1.82) is 0 Å². The van der Waals surface area contributed by atoms with Crippen molar-refractivity contribution < 1.29 is 18.3 Å². The largest absolute Gasteiger partial charge is 0.478 e. The molecule has 0 fully saturated rings. The number of pyridine rings is 1. The van der Waals surface area contributed by atoms with Crippen LogP contribution < -0.4 is 0 Å². The van der Waals surface area contributed by atoms with Gasteiger partial charge in [0.05, 0.1) is 27.4 Å². The van der Waals surface area contributed by atoms with E-state index in [1.807, 2.05) is 6.92 Å². The highest BCUT2D eigenvalue weighted by Crippen LogP contribution is 2.26. The summed E-state index contributed by atoms with van der Waals surface area (Å²) in [5.41, 5.74) is 1.93. The monoisotopic (exact) mass is 369 g/mol. The van der Waals surface area contributed by atoms with E-state index in [2.05, 4.69) is 4.98 Å². The number of benzene rings is 2. The van der Waals surface area contributed by atoms with E-state index in [9.17, 15) is 18.3 Å². The van der Waals surface area contributed by atoms with Crippen molar-refractivity contribution in [2.45, 2.75) is 24.7 Å². The van der Waals surface area contributed by atoms with Gasteiger partial charge in [-0.05, 0) is 30.7 Å². The zero-order valence-corrected chi connectivity index (χ0v) is 15.2. The average molecular weight is 369 g/mol. The van der Waals surface area contributed by atoms with Crippen LogP contribution in [0, 0.1) is 0 Å². The van der Waals surface area contributed by atoms with Crippen LogP contribution in [0.15, 0.2) is 59.5 Å². The molecule has 3 aromatic rings. The smallest absolute Gasteiger partial charge is 0.336 e. The number of carboxylic acids is 1. The molecule has 1 aromatic heterocycles. The number of rotatable bonds is 6. The molecule has 0 unspecified atom stereocenters. The lowest BCUT2D eigenvalue weighted by Gasteiger charge is -2.08. The number of para-hydroxylation sites is 1. The van der Waals surface area contributed by atoms with Crippen LogP contribution in [0.2, 0.25) is 0 Å². The predicted molar refractivity (Wildman–Crippen MR) is 101 cm³/mol. The number of aromatic nitrogens is 1. The Balaban J connectivity index is 2.03. The van der Waals surface area contributed by atoms with Crippen LogP contribution in [-0.4, -0.2) is 30.2 Å². The molecule has 0 amide bonds. The van der Waals surface area contributed by atoms with Crippen LogP contribution in [0.3, 0.4) is 0 Å². The lowest BCUT2D eigenvalue weighted by Crippen LogP contribution is -2.06. The molecule has 5 nitrogen and oxygen atoms in total. The molecule has 2 aromatic carbocycles. The van der Waals surface area contributed by atoms with E-state index in [0.717, 1.165) is 6.42 Å². The summed E-state index contributed by atoms with van der Waals surface area (Å²) in [5.74, 6) is -0.899. The third-order valence-corrected chi connectivity index (χ3v) is 6.04. The second-order valence-electron chi connectivity index (χ2n) is 6.07. The maximum atomic E-state index is 12.3. The minimum Gasteiger partial charge on any atom is -0.478 e. The minimum atomic E-state index is -3.29. The van der Waals surface area contributed by atoms with E-state index in [0.29, 0.717) is 28.6 Å². The number of nitrogens with zero attached hydrogens (tertiary/aromatic N) is 1. The molecule has 3 rings (SSSR count). The Kier molecular flexibility index (Phi) is 5.04. The topological polar surface area (TPSA) is 84.3 Å². The van der Waals surface area contributed by atoms with Crippen molar-refractivity contribution in [3.63, 3.8) is 0 Å². The van der Waals surface area contributed by atoms with E-state index in [-0.39, 0.29) is 16.2 Å². The first-order valence-electron chi connectivity index (χ1n) is 8.38. The highest BCUT2D eigenvalue weighted by molar-refractivity contribution is 7.91. The second-order valence-corrected chi connectivity index (χ2v) is 8.18. The Morgan fingerprint density at radius 2 is 1.77 bits per heavy atom. The average Bonchev–Trinajstić information content (AvgIpc) is 2.65. The molecule has 0 saturated heterocycles. The lowest BCUT2D eigenvalue weighted by atomic mass is 10.0. The third kappa shape index (κ3) is 3.60. The number of hydrogen-bond acceptors (Lipinski definition) is 4. The maximum absolute atomic E-state index is 12.3. The Labute approximate surface area is 152 Å². The third-order valence-electron chi connectivity index (χ3n) is 4.22. The van der Waals surface area contributed by atoms with Crippen LogP contribution in [0.5, 0.6) is 0 Å². The van der Waals surface area contributed by atoms with E-state index in [1.165, 1.54) is 6.07 Å². The molecule has 0 radical (unpaired) electrons. The highest BCUT2D eigenvalue weighted by Gasteiger charge is 2.15. The molecular weight excluding hydrogens is 350 g/mol. The van der Waals surface area contributed by atoms with Crippen LogP contribution in [0.25, 0.3) is 22.2 Å². The zero-order chi connectivity index (χ0) is 18.7. The van der Waals surface area contributed by atoms with E-state index in [1.54, 1.807) is 48.5 Å². The zero-order valence-electron chi connectivity index (χ0n) is 14.3. The van der Waals surface area contributed by atoms with Crippen molar-refractivity contribution >= 4 is 26.7 Å². The molecule has 134 valence electrons. The normalized spacial score (nSPS) is 11.6. The Bertz CT molecular complexity index is 1060. The molecular formula is C20H19NO4S. The second kappa shape index (κ2) is 7.25. The molecule has 0 aliphatic rings. The van der Waals surface area contributed by atoms with E-state index >= 15 is 0 Å². The summed E-state index contributed by atoms with van der Waals surface area (Å²) in [7, 11) is -3.29. The van der Waals surface area contributed by atoms with Crippen molar-refractivity contribution in [2.75, 3.05) is 5.75 Å². The fraction of sp³-hybridized carbons (Fsp3) is 0.200. The van der Waals surface area contributed by atoms with Gasteiger partial charge in [0.1, 0.15) is 0 Å². The number of carboxylic acid groups (broad SMARTS) is 1. The molecule has 0 aliphatic carbocycles. The molecule has 0 saturated carbocycles. The summed E-state index contributed by atoms with van der Waals surface area (Å²) < 4.78 is 24.5. The molecule has 1 heterocycles. The van der Waals surface area contributed by atoms with Gasteiger partial charge in [0.2, 0.25) is 0 Å². The fourth-order valence-electron chi connectivity index (χ4n) is 2.79. The molecule has 0 atom stereocenters. The Morgan fingerprint density at radius 3 is 2.42 bits per heavy atom. The van der Waals surface area contributed by atoms with E-state index in [4.69, 9.17) is 0 Å². The number of carbonyl (C=O) groups is 1. The van der Waals surface area contributed by atoms with Gasteiger partial charge >= 0.3 is 5.97 Å². The molecule has 0 aliphatic heterocycles. The first kappa shape index (κ1) is 18.1. The number of unbranched alkanes of at least 4 members (excludes halogenated alkanes) is 1. The summed E-state index contributed by atoms with van der Waals surface area (Å²) in [5, 5.41) is 10.1. The Hall–Kier alpha value is -2.73. The molecule has 26 heavy (non-hydrogen) atoms. The lowest BCUT2D eigenvalue weighted by molar-refractivity contribution is 0.0699.